The fourth-order valence-corrected chi connectivity index (χ4v) is 1.89. The van der Waals surface area contributed by atoms with E-state index in [2.05, 4.69) is 0 Å². The van der Waals surface area contributed by atoms with Crippen LogP contribution < -0.4 is 0 Å². The minimum atomic E-state index is -1.15. The highest BCUT2D eigenvalue weighted by Gasteiger charge is 2.43. The van der Waals surface area contributed by atoms with Gasteiger partial charge in [-0.3, -0.25) is 0 Å². The fourth-order valence-electron chi connectivity index (χ4n) is 1.89. The van der Waals surface area contributed by atoms with Gasteiger partial charge in [-0.25, -0.2) is 0 Å². The molecule has 0 radical (unpaired) electrons. The van der Waals surface area contributed by atoms with E-state index < -0.39 is 36.9 Å². The first-order valence-electron chi connectivity index (χ1n) is 5.46. The molecular formula is C10H20O6. The van der Waals surface area contributed by atoms with Gasteiger partial charge in [-0.2, -0.15) is 0 Å². The van der Waals surface area contributed by atoms with Gasteiger partial charge in [-0.1, -0.05) is 0 Å². The summed E-state index contributed by atoms with van der Waals surface area (Å²) in [5.74, 6) is -0.484. The van der Waals surface area contributed by atoms with E-state index in [0.717, 1.165) is 0 Å². The van der Waals surface area contributed by atoms with Crippen LogP contribution in [0.1, 0.15) is 6.92 Å². The van der Waals surface area contributed by atoms with Crippen LogP contribution in [0.3, 0.4) is 0 Å². The fraction of sp³-hybridized carbons (Fsp3) is 1.00. The van der Waals surface area contributed by atoms with Gasteiger partial charge in [0.1, 0.15) is 12.2 Å². The number of hydrogen-bond donors (Lipinski definition) is 4. The molecule has 5 unspecified atom stereocenters. The van der Waals surface area contributed by atoms with Crippen molar-refractivity contribution in [2.45, 2.75) is 31.3 Å². The third kappa shape index (κ3) is 2.91. The molecule has 6 nitrogen and oxygen atoms in total. The molecule has 6 heteroatoms. The van der Waals surface area contributed by atoms with Crippen molar-refractivity contribution < 1.29 is 29.9 Å². The normalized spacial score (nSPS) is 39.9. The smallest absolute Gasteiger partial charge is 0.109 e. The van der Waals surface area contributed by atoms with E-state index in [9.17, 15) is 10.2 Å². The second-order valence-electron chi connectivity index (χ2n) is 3.88. The van der Waals surface area contributed by atoms with Crippen LogP contribution in [0.2, 0.25) is 0 Å². The molecule has 0 aromatic heterocycles. The lowest BCUT2D eigenvalue weighted by Crippen LogP contribution is -2.57. The quantitative estimate of drug-likeness (QED) is 0.445. The number of hydrogen-bond acceptors (Lipinski definition) is 6. The molecule has 1 saturated heterocycles. The third-order valence-electron chi connectivity index (χ3n) is 2.87. The molecule has 96 valence electrons. The van der Waals surface area contributed by atoms with Gasteiger partial charge in [-0.15, -0.1) is 0 Å². The first-order valence-corrected chi connectivity index (χ1v) is 5.46. The van der Waals surface area contributed by atoms with E-state index in [-0.39, 0.29) is 13.2 Å². The minimum absolute atomic E-state index is 0.206. The summed E-state index contributed by atoms with van der Waals surface area (Å²) in [4.78, 5) is 0. The molecule has 0 aromatic carbocycles. The zero-order valence-electron chi connectivity index (χ0n) is 9.32. The van der Waals surface area contributed by atoms with Crippen LogP contribution in [0.25, 0.3) is 0 Å². The highest BCUT2D eigenvalue weighted by Crippen LogP contribution is 2.26. The molecule has 1 heterocycles. The zero-order valence-corrected chi connectivity index (χ0v) is 9.32. The van der Waals surface area contributed by atoms with Crippen LogP contribution in [0.5, 0.6) is 0 Å². The molecule has 5 atom stereocenters. The van der Waals surface area contributed by atoms with E-state index >= 15 is 0 Å². The molecule has 0 bridgehead atoms. The minimum Gasteiger partial charge on any atom is -0.394 e. The molecule has 1 aliphatic heterocycles. The largest absolute Gasteiger partial charge is 0.394 e. The van der Waals surface area contributed by atoms with Crippen molar-refractivity contribution in [3.05, 3.63) is 0 Å². The second-order valence-corrected chi connectivity index (χ2v) is 3.88. The topological polar surface area (TPSA) is 99.4 Å². The Balaban J connectivity index is 2.65. The lowest BCUT2D eigenvalue weighted by atomic mass is 9.87. The molecule has 0 amide bonds. The van der Waals surface area contributed by atoms with Crippen molar-refractivity contribution in [2.75, 3.05) is 26.4 Å². The van der Waals surface area contributed by atoms with Crippen LogP contribution in [0.15, 0.2) is 0 Å². The highest BCUT2D eigenvalue weighted by molar-refractivity contribution is 4.91. The number of ether oxygens (including phenoxy) is 2. The molecule has 1 fully saturated rings. The summed E-state index contributed by atoms with van der Waals surface area (Å²) in [7, 11) is 0. The van der Waals surface area contributed by atoms with Crippen molar-refractivity contribution in [1.82, 2.24) is 0 Å². The summed E-state index contributed by atoms with van der Waals surface area (Å²) in [6.45, 7) is 1.84. The van der Waals surface area contributed by atoms with Crippen LogP contribution in [-0.4, -0.2) is 71.3 Å². The summed E-state index contributed by atoms with van der Waals surface area (Å²) < 4.78 is 10.5. The number of rotatable bonds is 5. The predicted molar refractivity (Wildman–Crippen MR) is 54.8 cm³/mol. The average Bonchev–Trinajstić information content (AvgIpc) is 2.31. The van der Waals surface area contributed by atoms with Gasteiger partial charge in [0.25, 0.3) is 0 Å². The van der Waals surface area contributed by atoms with Crippen molar-refractivity contribution in [2.24, 2.45) is 5.92 Å². The highest BCUT2D eigenvalue weighted by atomic mass is 16.5. The molecule has 0 saturated carbocycles. The van der Waals surface area contributed by atoms with Crippen LogP contribution in [-0.2, 0) is 9.47 Å². The third-order valence-corrected chi connectivity index (χ3v) is 2.87. The van der Waals surface area contributed by atoms with Crippen LogP contribution in [0.4, 0.5) is 0 Å². The van der Waals surface area contributed by atoms with Crippen molar-refractivity contribution >= 4 is 0 Å². The lowest BCUT2D eigenvalue weighted by Gasteiger charge is -2.41. The Hall–Kier alpha value is -0.240. The maximum absolute atomic E-state index is 9.83. The number of aliphatic hydroxyl groups is 4. The summed E-state index contributed by atoms with van der Waals surface area (Å²) in [5.41, 5.74) is 0. The average molecular weight is 236 g/mol. The Labute approximate surface area is 94.4 Å². The van der Waals surface area contributed by atoms with Crippen LogP contribution >= 0.6 is 0 Å². The van der Waals surface area contributed by atoms with E-state index in [1.807, 2.05) is 6.92 Å². The van der Waals surface area contributed by atoms with Gasteiger partial charge in [0.2, 0.25) is 0 Å². The monoisotopic (exact) mass is 236 g/mol. The molecule has 4 N–H and O–H groups in total. The van der Waals surface area contributed by atoms with E-state index in [4.69, 9.17) is 19.7 Å². The van der Waals surface area contributed by atoms with Crippen molar-refractivity contribution in [3.63, 3.8) is 0 Å². The van der Waals surface area contributed by atoms with Gasteiger partial charge in [-0.05, 0) is 6.92 Å². The van der Waals surface area contributed by atoms with Crippen molar-refractivity contribution in [3.8, 4) is 0 Å². The Morgan fingerprint density at radius 1 is 1.06 bits per heavy atom. The zero-order chi connectivity index (χ0) is 12.1. The van der Waals surface area contributed by atoms with Gasteiger partial charge in [0.15, 0.2) is 0 Å². The maximum Gasteiger partial charge on any atom is 0.109 e. The van der Waals surface area contributed by atoms with E-state index in [1.54, 1.807) is 0 Å². The Morgan fingerprint density at radius 3 is 2.19 bits per heavy atom. The van der Waals surface area contributed by atoms with Gasteiger partial charge in [0, 0.05) is 12.5 Å². The summed E-state index contributed by atoms with van der Waals surface area (Å²) in [6.07, 6.45) is -3.69. The first kappa shape index (κ1) is 13.8. The van der Waals surface area contributed by atoms with Gasteiger partial charge < -0.3 is 29.9 Å². The first-order chi connectivity index (χ1) is 7.65. The molecule has 0 aliphatic carbocycles. The lowest BCUT2D eigenvalue weighted by molar-refractivity contribution is -0.224. The Kier molecular flexibility index (Phi) is 5.60. The molecule has 16 heavy (non-hydrogen) atoms. The number of aliphatic hydroxyl groups excluding tert-OH is 4. The van der Waals surface area contributed by atoms with E-state index in [0.29, 0.717) is 6.61 Å². The van der Waals surface area contributed by atoms with Gasteiger partial charge >= 0.3 is 0 Å². The second kappa shape index (κ2) is 6.48. The standard InChI is InChI=1S/C10H20O6/c1-2-15-5-6-7(3-11)16-8(4-12)10(14)9(6)13/h6-14H,2-5H2,1H3. The maximum atomic E-state index is 9.83. The molecule has 1 aliphatic rings. The Bertz CT molecular complexity index is 198. The van der Waals surface area contributed by atoms with E-state index in [1.165, 1.54) is 0 Å². The SMILES string of the molecule is CCOCC1C(CO)OC(CO)C(O)C1O. The van der Waals surface area contributed by atoms with Crippen molar-refractivity contribution in [1.29, 1.82) is 0 Å². The molecule has 1 rings (SSSR count). The Morgan fingerprint density at radius 2 is 1.69 bits per heavy atom. The van der Waals surface area contributed by atoms with Crippen LogP contribution in [0, 0.1) is 5.92 Å². The molecule has 0 aromatic rings. The molecular weight excluding hydrogens is 216 g/mol. The summed E-state index contributed by atoms with van der Waals surface area (Å²) in [6, 6.07) is 0. The summed E-state index contributed by atoms with van der Waals surface area (Å²) >= 11 is 0. The molecule has 0 spiro atoms. The summed E-state index contributed by atoms with van der Waals surface area (Å²) in [5, 5.41) is 37.6. The van der Waals surface area contributed by atoms with Gasteiger partial charge in [0.05, 0.1) is 32.0 Å². The predicted octanol–water partition coefficient (Wildman–Crippen LogP) is -1.89.